The summed E-state index contributed by atoms with van der Waals surface area (Å²) in [6, 6.07) is 11.2. The molecule has 0 aliphatic rings. The van der Waals surface area contributed by atoms with Crippen molar-refractivity contribution in [3.63, 3.8) is 0 Å². The van der Waals surface area contributed by atoms with E-state index in [9.17, 15) is 19.2 Å². The second-order valence-electron chi connectivity index (χ2n) is 7.42. The smallest absolute Gasteiger partial charge is 0.337 e. The van der Waals surface area contributed by atoms with Gasteiger partial charge in [0.05, 0.1) is 29.3 Å². The molecule has 0 saturated carbocycles. The minimum atomic E-state index is -0.519. The van der Waals surface area contributed by atoms with Crippen molar-refractivity contribution < 1.29 is 19.1 Å². The Morgan fingerprint density at radius 2 is 1.79 bits per heavy atom. The molecule has 2 N–H and O–H groups in total. The highest BCUT2D eigenvalue weighted by Crippen LogP contribution is 2.20. The van der Waals surface area contributed by atoms with Gasteiger partial charge in [-0.05, 0) is 48.9 Å². The number of methoxy groups -OCH3 is 1. The Kier molecular flexibility index (Phi) is 8.42. The number of aromatic nitrogens is 2. The first-order valence-electron chi connectivity index (χ1n) is 10.8. The van der Waals surface area contributed by atoms with Crippen LogP contribution in [-0.4, -0.2) is 47.2 Å². The van der Waals surface area contributed by atoms with Crippen molar-refractivity contribution in [3.05, 3.63) is 63.9 Å². The fourth-order valence-electron chi connectivity index (χ4n) is 3.25. The van der Waals surface area contributed by atoms with Crippen molar-refractivity contribution in [1.82, 2.24) is 14.9 Å². The second kappa shape index (κ2) is 11.5. The lowest BCUT2D eigenvalue weighted by atomic mass is 10.1. The van der Waals surface area contributed by atoms with Gasteiger partial charge in [0.2, 0.25) is 5.91 Å². The number of amides is 2. The number of benzene rings is 2. The van der Waals surface area contributed by atoms with Crippen LogP contribution in [0.5, 0.6) is 0 Å². The van der Waals surface area contributed by atoms with E-state index in [2.05, 4.69) is 15.6 Å². The molecule has 3 rings (SSSR count). The maximum Gasteiger partial charge on any atom is 0.337 e. The molecule has 178 valence electrons. The number of nitrogens with zero attached hydrogens (tertiary/aromatic N) is 2. The average molecular weight is 483 g/mol. The highest BCUT2D eigenvalue weighted by Gasteiger charge is 2.15. The van der Waals surface area contributed by atoms with Crippen LogP contribution in [0.15, 0.2) is 52.4 Å². The zero-order valence-corrected chi connectivity index (χ0v) is 20.0. The number of hydrogen-bond acceptors (Lipinski definition) is 7. The Morgan fingerprint density at radius 3 is 2.44 bits per heavy atom. The lowest BCUT2D eigenvalue weighted by Crippen LogP contribution is -2.24. The van der Waals surface area contributed by atoms with Crippen molar-refractivity contribution in [3.8, 4) is 0 Å². The van der Waals surface area contributed by atoms with Crippen molar-refractivity contribution in [2.24, 2.45) is 0 Å². The monoisotopic (exact) mass is 482 g/mol. The highest BCUT2D eigenvalue weighted by atomic mass is 32.2. The van der Waals surface area contributed by atoms with E-state index in [1.807, 2.05) is 6.92 Å². The van der Waals surface area contributed by atoms with Crippen molar-refractivity contribution in [2.75, 3.05) is 25.2 Å². The Balaban J connectivity index is 1.82. The number of fused-ring (bicyclic) bond motifs is 1. The number of esters is 1. The van der Waals surface area contributed by atoms with Gasteiger partial charge in [0.15, 0.2) is 5.16 Å². The van der Waals surface area contributed by atoms with Crippen LogP contribution in [-0.2, 0) is 16.1 Å². The molecule has 0 unspecified atom stereocenters. The summed E-state index contributed by atoms with van der Waals surface area (Å²) in [5, 5.41) is 6.11. The standard InChI is InChI=1S/C24H26N4O5S/c1-4-5-12-28-22(31)18-11-8-16(23(32)33-3)13-19(18)27-24(28)34-14-20(29)26-17-9-6-15(7-10-17)21(30)25-2/h6-11,13H,4-5,12,14H2,1-3H3,(H,25,30)(H,26,29). The number of carbonyl (C=O) groups excluding carboxylic acids is 3. The molecule has 0 atom stereocenters. The van der Waals surface area contributed by atoms with Crippen LogP contribution < -0.4 is 16.2 Å². The van der Waals surface area contributed by atoms with Gasteiger partial charge in [0.1, 0.15) is 0 Å². The summed E-state index contributed by atoms with van der Waals surface area (Å²) in [6.07, 6.45) is 1.67. The Hall–Kier alpha value is -3.66. The first-order valence-corrected chi connectivity index (χ1v) is 11.7. The predicted octanol–water partition coefficient (Wildman–Crippen LogP) is 3.07. The van der Waals surface area contributed by atoms with E-state index in [-0.39, 0.29) is 23.1 Å². The number of carbonyl (C=O) groups is 3. The van der Waals surface area contributed by atoms with Gasteiger partial charge in [-0.25, -0.2) is 9.78 Å². The molecule has 2 aromatic carbocycles. The molecule has 1 heterocycles. The van der Waals surface area contributed by atoms with Gasteiger partial charge in [-0.3, -0.25) is 19.0 Å². The van der Waals surface area contributed by atoms with Crippen LogP contribution in [0.3, 0.4) is 0 Å². The molecule has 0 fully saturated rings. The maximum absolute atomic E-state index is 13.1. The number of rotatable bonds is 9. The van der Waals surface area contributed by atoms with Gasteiger partial charge in [-0.1, -0.05) is 25.1 Å². The fraction of sp³-hybridized carbons (Fsp3) is 0.292. The molecule has 3 aromatic rings. The number of unbranched alkanes of at least 4 members (excludes halogenated alkanes) is 1. The molecule has 0 aliphatic carbocycles. The number of hydrogen-bond donors (Lipinski definition) is 2. The van der Waals surface area contributed by atoms with Crippen LogP contribution in [0, 0.1) is 0 Å². The Bertz CT molecular complexity index is 1270. The van der Waals surface area contributed by atoms with E-state index in [0.29, 0.717) is 39.4 Å². The number of anilines is 1. The maximum atomic E-state index is 13.1. The molecule has 9 nitrogen and oxygen atoms in total. The van der Waals surface area contributed by atoms with Crippen molar-refractivity contribution in [2.45, 2.75) is 31.5 Å². The molecule has 34 heavy (non-hydrogen) atoms. The third kappa shape index (κ3) is 5.82. The Morgan fingerprint density at radius 1 is 1.09 bits per heavy atom. The van der Waals surface area contributed by atoms with Gasteiger partial charge in [-0.15, -0.1) is 0 Å². The Labute approximate surface area is 200 Å². The molecule has 0 saturated heterocycles. The lowest BCUT2D eigenvalue weighted by molar-refractivity contribution is -0.113. The number of ether oxygens (including phenoxy) is 1. The normalized spacial score (nSPS) is 10.7. The first kappa shape index (κ1) is 25.0. The van der Waals surface area contributed by atoms with Crippen LogP contribution in [0.25, 0.3) is 10.9 Å². The van der Waals surface area contributed by atoms with Crippen LogP contribution in [0.1, 0.15) is 40.5 Å². The third-order valence-corrected chi connectivity index (χ3v) is 6.04. The van der Waals surface area contributed by atoms with E-state index in [4.69, 9.17) is 4.74 Å². The summed E-state index contributed by atoms with van der Waals surface area (Å²) >= 11 is 1.15. The van der Waals surface area contributed by atoms with E-state index < -0.39 is 5.97 Å². The summed E-state index contributed by atoms with van der Waals surface area (Å²) in [7, 11) is 2.83. The number of nitrogens with one attached hydrogen (secondary N) is 2. The van der Waals surface area contributed by atoms with Gasteiger partial charge in [0.25, 0.3) is 11.5 Å². The van der Waals surface area contributed by atoms with Gasteiger partial charge in [0, 0.05) is 24.8 Å². The zero-order valence-electron chi connectivity index (χ0n) is 19.2. The van der Waals surface area contributed by atoms with Crippen LogP contribution >= 0.6 is 11.8 Å². The fourth-order valence-corrected chi connectivity index (χ4v) is 4.07. The van der Waals surface area contributed by atoms with E-state index in [1.54, 1.807) is 41.9 Å². The van der Waals surface area contributed by atoms with Gasteiger partial charge in [-0.2, -0.15) is 0 Å². The summed E-state index contributed by atoms with van der Waals surface area (Å²) in [4.78, 5) is 53.8. The predicted molar refractivity (Wildman–Crippen MR) is 131 cm³/mol. The third-order valence-electron chi connectivity index (χ3n) is 5.07. The molecule has 0 spiro atoms. The van der Waals surface area contributed by atoms with Crippen molar-refractivity contribution >= 4 is 46.1 Å². The molecular formula is C24H26N4O5S. The van der Waals surface area contributed by atoms with Gasteiger partial charge >= 0.3 is 5.97 Å². The van der Waals surface area contributed by atoms with Crippen LogP contribution in [0.4, 0.5) is 5.69 Å². The summed E-state index contributed by atoms with van der Waals surface area (Å²) in [5.41, 5.74) is 1.48. The minimum absolute atomic E-state index is 0.0258. The second-order valence-corrected chi connectivity index (χ2v) is 8.36. The highest BCUT2D eigenvalue weighted by molar-refractivity contribution is 7.99. The van der Waals surface area contributed by atoms with Gasteiger partial charge < -0.3 is 15.4 Å². The molecule has 0 bridgehead atoms. The topological polar surface area (TPSA) is 119 Å². The van der Waals surface area contributed by atoms with E-state index in [0.717, 1.165) is 24.6 Å². The van der Waals surface area contributed by atoms with Crippen molar-refractivity contribution in [1.29, 1.82) is 0 Å². The summed E-state index contributed by atoms with van der Waals surface area (Å²) in [5.74, 6) is -0.985. The molecule has 0 aliphatic heterocycles. The van der Waals surface area contributed by atoms with Crippen LogP contribution in [0.2, 0.25) is 0 Å². The average Bonchev–Trinajstić information content (AvgIpc) is 2.86. The minimum Gasteiger partial charge on any atom is -0.465 e. The zero-order chi connectivity index (χ0) is 24.7. The lowest BCUT2D eigenvalue weighted by Gasteiger charge is -2.13. The summed E-state index contributed by atoms with van der Waals surface area (Å²) in [6.45, 7) is 2.50. The van der Waals surface area contributed by atoms with E-state index >= 15 is 0 Å². The first-order chi connectivity index (χ1) is 16.4. The largest absolute Gasteiger partial charge is 0.465 e. The number of thioether (sulfide) groups is 1. The molecule has 1 aromatic heterocycles. The molecular weight excluding hydrogens is 456 g/mol. The summed E-state index contributed by atoms with van der Waals surface area (Å²) < 4.78 is 6.32. The molecule has 10 heteroatoms. The quantitative estimate of drug-likeness (QED) is 0.273. The van der Waals surface area contributed by atoms with E-state index in [1.165, 1.54) is 19.2 Å². The molecule has 2 amide bonds. The SMILES string of the molecule is CCCCn1c(SCC(=O)Nc2ccc(C(=O)NC)cc2)nc2cc(C(=O)OC)ccc2c1=O. The molecule has 0 radical (unpaired) electrons.